The molecule has 5 N–H and O–H groups in total. The first-order valence-corrected chi connectivity index (χ1v) is 11.2. The molecule has 1 aliphatic rings. The van der Waals surface area contributed by atoms with Gasteiger partial charge in [-0.2, -0.15) is 0 Å². The first-order chi connectivity index (χ1) is 13.3. The fourth-order valence-corrected chi connectivity index (χ4v) is 4.49. The van der Waals surface area contributed by atoms with Crippen LogP contribution >= 0.6 is 7.60 Å². The van der Waals surface area contributed by atoms with Crippen LogP contribution in [-0.4, -0.2) is 59.4 Å². The summed E-state index contributed by atoms with van der Waals surface area (Å²) in [6.45, 7) is 7.63. The van der Waals surface area contributed by atoms with Gasteiger partial charge in [-0.05, 0) is 33.6 Å². The van der Waals surface area contributed by atoms with Crippen molar-refractivity contribution >= 4 is 7.60 Å². The van der Waals surface area contributed by atoms with E-state index in [4.69, 9.17) is 9.26 Å². The average molecular weight is 434 g/mol. The molecule has 2 rings (SSSR count). The van der Waals surface area contributed by atoms with Crippen LogP contribution < -0.4 is 5.56 Å². The third-order valence-corrected chi connectivity index (χ3v) is 7.86. The molecular formula is C18H31N2O8P. The van der Waals surface area contributed by atoms with Crippen molar-refractivity contribution in [2.45, 2.75) is 89.2 Å². The maximum atomic E-state index is 12.6. The van der Waals surface area contributed by atoms with Crippen molar-refractivity contribution in [3.05, 3.63) is 27.9 Å². The Morgan fingerprint density at radius 1 is 1.28 bits per heavy atom. The smallest absolute Gasteiger partial charge is 0.359 e. The van der Waals surface area contributed by atoms with Crippen molar-refractivity contribution in [1.82, 2.24) is 9.97 Å². The van der Waals surface area contributed by atoms with Gasteiger partial charge in [-0.25, -0.2) is 4.98 Å². The van der Waals surface area contributed by atoms with Crippen LogP contribution in [-0.2, 0) is 13.8 Å². The molecule has 11 heteroatoms. The fourth-order valence-electron chi connectivity index (χ4n) is 3.10. The minimum atomic E-state index is -4.41. The van der Waals surface area contributed by atoms with E-state index in [1.165, 1.54) is 20.0 Å². The molecule has 1 fully saturated rings. The molecule has 0 aliphatic carbocycles. The van der Waals surface area contributed by atoms with Crippen LogP contribution in [0.15, 0.2) is 11.0 Å². The molecule has 0 radical (unpaired) electrons. The lowest BCUT2D eigenvalue weighted by atomic mass is 9.92. The van der Waals surface area contributed by atoms with E-state index < -0.39 is 43.0 Å². The molecule has 29 heavy (non-hydrogen) atoms. The van der Waals surface area contributed by atoms with Gasteiger partial charge >= 0.3 is 7.60 Å². The number of aromatic amines is 1. The van der Waals surface area contributed by atoms with Gasteiger partial charge in [0.1, 0.15) is 24.0 Å². The highest BCUT2D eigenvalue weighted by Gasteiger charge is 2.50. The van der Waals surface area contributed by atoms with Crippen molar-refractivity contribution in [3.8, 4) is 0 Å². The fraction of sp³-hybridized carbons (Fsp3) is 0.778. The average Bonchev–Trinajstić information content (AvgIpc) is 2.91. The molecule has 0 amide bonds. The van der Waals surface area contributed by atoms with Crippen LogP contribution in [0.5, 0.6) is 0 Å². The lowest BCUT2D eigenvalue weighted by Crippen LogP contribution is -2.40. The van der Waals surface area contributed by atoms with Gasteiger partial charge in [-0.15, -0.1) is 0 Å². The number of aliphatic hydroxyl groups excluding tert-OH is 2. The summed E-state index contributed by atoms with van der Waals surface area (Å²) in [6, 6.07) is 0. The normalized spacial score (nSPS) is 31.1. The zero-order valence-electron chi connectivity index (χ0n) is 17.3. The number of nitrogens with one attached hydrogen (secondary N) is 1. The maximum absolute atomic E-state index is 12.6. The van der Waals surface area contributed by atoms with Gasteiger partial charge in [-0.1, -0.05) is 13.8 Å². The molecule has 1 aromatic heterocycles. The molecule has 0 saturated carbocycles. The maximum Gasteiger partial charge on any atom is 0.359 e. The second kappa shape index (κ2) is 8.55. The molecular weight excluding hydrogens is 403 g/mol. The van der Waals surface area contributed by atoms with Gasteiger partial charge in [-0.3, -0.25) is 9.36 Å². The highest BCUT2D eigenvalue weighted by Crippen LogP contribution is 2.59. The van der Waals surface area contributed by atoms with Crippen molar-refractivity contribution in [2.24, 2.45) is 0 Å². The lowest BCUT2D eigenvalue weighted by molar-refractivity contribution is -0.0537. The number of H-pyrrole nitrogens is 1. The van der Waals surface area contributed by atoms with Crippen molar-refractivity contribution in [1.29, 1.82) is 0 Å². The van der Waals surface area contributed by atoms with Crippen molar-refractivity contribution in [2.75, 3.05) is 0 Å². The van der Waals surface area contributed by atoms with E-state index in [9.17, 15) is 29.6 Å². The molecule has 1 aliphatic heterocycles. The number of hydrogen-bond acceptors (Lipinski definition) is 8. The van der Waals surface area contributed by atoms with E-state index in [0.29, 0.717) is 6.42 Å². The van der Waals surface area contributed by atoms with E-state index in [1.807, 2.05) is 0 Å². The van der Waals surface area contributed by atoms with Crippen molar-refractivity contribution in [3.63, 3.8) is 0 Å². The van der Waals surface area contributed by atoms with Crippen LogP contribution in [0.2, 0.25) is 0 Å². The summed E-state index contributed by atoms with van der Waals surface area (Å²) < 4.78 is 23.9. The van der Waals surface area contributed by atoms with Gasteiger partial charge in [0.25, 0.3) is 5.56 Å². The Kier molecular flexibility index (Phi) is 7.12. The number of aryl methyl sites for hydroxylation is 1. The van der Waals surface area contributed by atoms with Crippen LogP contribution in [0.3, 0.4) is 0 Å². The summed E-state index contributed by atoms with van der Waals surface area (Å²) in [5.74, 6) is 0. The lowest BCUT2D eigenvalue weighted by Gasteiger charge is -2.37. The minimum Gasteiger partial charge on any atom is -0.388 e. The molecule has 2 heterocycles. The molecule has 7 unspecified atom stereocenters. The number of aliphatic hydroxyl groups is 3. The minimum absolute atomic E-state index is 0.00902. The van der Waals surface area contributed by atoms with Gasteiger partial charge < -0.3 is 34.5 Å². The third-order valence-electron chi connectivity index (χ3n) is 5.63. The Balaban J connectivity index is 2.21. The Labute approximate surface area is 169 Å². The second-order valence-electron chi connectivity index (χ2n) is 8.01. The number of nitrogens with zero attached hydrogens (tertiary/aromatic N) is 1. The molecule has 166 valence electrons. The summed E-state index contributed by atoms with van der Waals surface area (Å²) in [6.07, 6.45) is -2.89. The first-order valence-electron chi connectivity index (χ1n) is 9.60. The van der Waals surface area contributed by atoms with Crippen LogP contribution in [0.4, 0.5) is 0 Å². The van der Waals surface area contributed by atoms with Crippen LogP contribution in [0, 0.1) is 6.92 Å². The topological polar surface area (TPSA) is 162 Å². The molecule has 7 atom stereocenters. The summed E-state index contributed by atoms with van der Waals surface area (Å²) in [5, 5.41) is 29.2. The standard InChI is InChI=1S/C18H31N2O8P/c1-6-17(4,28-29(25,26)18(5,24)7-2)8-12-13(21)14(22)15(27-12)11-9-19-16(23)10(3)20-11/h9,12-15,21-22,24H,6-8H2,1-5H3,(H,19,23)(H,25,26). The predicted molar refractivity (Wildman–Crippen MR) is 104 cm³/mol. The van der Waals surface area contributed by atoms with Crippen LogP contribution in [0.25, 0.3) is 0 Å². The highest BCUT2D eigenvalue weighted by atomic mass is 31.2. The molecule has 10 nitrogen and oxygen atoms in total. The molecule has 1 saturated heterocycles. The highest BCUT2D eigenvalue weighted by molar-refractivity contribution is 7.54. The first kappa shape index (κ1) is 24.1. The Bertz CT molecular complexity index is 828. The third kappa shape index (κ3) is 4.96. The Morgan fingerprint density at radius 2 is 1.90 bits per heavy atom. The Morgan fingerprint density at radius 3 is 2.41 bits per heavy atom. The molecule has 0 bridgehead atoms. The summed E-state index contributed by atoms with van der Waals surface area (Å²) in [4.78, 5) is 28.4. The van der Waals surface area contributed by atoms with E-state index >= 15 is 0 Å². The molecule has 0 spiro atoms. The predicted octanol–water partition coefficient (Wildman–Crippen LogP) is 1.12. The van der Waals surface area contributed by atoms with E-state index in [-0.39, 0.29) is 29.8 Å². The quantitative estimate of drug-likeness (QED) is 0.377. The summed E-state index contributed by atoms with van der Waals surface area (Å²) in [7, 11) is -4.41. The second-order valence-corrected chi connectivity index (χ2v) is 10.2. The number of hydrogen-bond donors (Lipinski definition) is 5. The zero-order valence-corrected chi connectivity index (χ0v) is 18.2. The Hall–Kier alpha value is -1.13. The van der Waals surface area contributed by atoms with E-state index in [2.05, 4.69) is 9.97 Å². The number of ether oxygens (including phenoxy) is 1. The van der Waals surface area contributed by atoms with Gasteiger partial charge in [0, 0.05) is 12.6 Å². The van der Waals surface area contributed by atoms with Gasteiger partial charge in [0.15, 0.2) is 5.34 Å². The van der Waals surface area contributed by atoms with Gasteiger partial charge in [0.05, 0.1) is 17.4 Å². The van der Waals surface area contributed by atoms with Gasteiger partial charge in [0.2, 0.25) is 0 Å². The SMILES string of the molecule is CCC(C)(CC1OC(c2c[nH]c(=O)c(C)n2)C(O)C1O)OP(=O)(O)C(C)(O)CC. The monoisotopic (exact) mass is 434 g/mol. The van der Waals surface area contributed by atoms with Crippen LogP contribution in [0.1, 0.15) is 64.4 Å². The summed E-state index contributed by atoms with van der Waals surface area (Å²) >= 11 is 0. The molecule has 0 aromatic carbocycles. The summed E-state index contributed by atoms with van der Waals surface area (Å²) in [5.41, 5.74) is -1.12. The molecule has 1 aromatic rings. The van der Waals surface area contributed by atoms with E-state index in [1.54, 1.807) is 20.8 Å². The van der Waals surface area contributed by atoms with E-state index in [0.717, 1.165) is 0 Å². The zero-order chi connectivity index (χ0) is 22.2. The largest absolute Gasteiger partial charge is 0.388 e. The number of aromatic nitrogens is 2. The number of rotatable bonds is 8. The van der Waals surface area contributed by atoms with Crippen molar-refractivity contribution < 1.29 is 34.0 Å².